The monoisotopic (exact) mass is 538 g/mol. The SMILES string of the molecule is Cc1ccc(OCC(=O)NC2=C(C(=O)c3ccccc3)N(Cc3ccccc3)S(=O)(=O)c3ccccc32)cc1. The molecule has 0 aromatic heterocycles. The largest absolute Gasteiger partial charge is 0.484 e. The molecular weight excluding hydrogens is 512 g/mol. The first-order chi connectivity index (χ1) is 18.8. The minimum absolute atomic E-state index is 0.000274. The first-order valence-electron chi connectivity index (χ1n) is 12.3. The van der Waals surface area contributed by atoms with Crippen molar-refractivity contribution in [2.24, 2.45) is 0 Å². The summed E-state index contributed by atoms with van der Waals surface area (Å²) in [7, 11) is -4.14. The second kappa shape index (κ2) is 11.0. The summed E-state index contributed by atoms with van der Waals surface area (Å²) in [6.45, 7) is 1.53. The summed E-state index contributed by atoms with van der Waals surface area (Å²) >= 11 is 0. The Hall–Kier alpha value is -4.69. The van der Waals surface area contributed by atoms with Crippen LogP contribution < -0.4 is 10.1 Å². The lowest BCUT2D eigenvalue weighted by molar-refractivity contribution is -0.121. The zero-order chi connectivity index (χ0) is 27.4. The standard InChI is InChI=1S/C31H26N2O5S/c1-22-16-18-25(19-17-22)38-21-28(34)32-29-26-14-8-9-15-27(26)39(36,37)33(20-23-10-4-2-5-11-23)30(29)31(35)24-12-6-3-7-13-24/h2-19H,20-21H2,1H3,(H,32,34). The Morgan fingerprint density at radius 2 is 1.41 bits per heavy atom. The van der Waals surface area contributed by atoms with Crippen LogP contribution >= 0.6 is 0 Å². The van der Waals surface area contributed by atoms with Crippen molar-refractivity contribution in [3.8, 4) is 5.75 Å². The topological polar surface area (TPSA) is 92.8 Å². The number of amides is 1. The minimum Gasteiger partial charge on any atom is -0.484 e. The van der Waals surface area contributed by atoms with Gasteiger partial charge in [-0.15, -0.1) is 0 Å². The predicted octanol–water partition coefficient (Wildman–Crippen LogP) is 4.95. The number of allylic oxidation sites excluding steroid dienone is 1. The van der Waals surface area contributed by atoms with Crippen molar-refractivity contribution >= 4 is 27.4 Å². The van der Waals surface area contributed by atoms with Gasteiger partial charge in [-0.1, -0.05) is 96.6 Å². The number of hydrogen-bond acceptors (Lipinski definition) is 5. The molecule has 1 N–H and O–H groups in total. The average molecular weight is 539 g/mol. The third-order valence-electron chi connectivity index (χ3n) is 6.29. The predicted molar refractivity (Wildman–Crippen MR) is 148 cm³/mol. The number of fused-ring (bicyclic) bond motifs is 1. The van der Waals surface area contributed by atoms with Gasteiger partial charge >= 0.3 is 0 Å². The Bertz CT molecular complexity index is 1650. The number of benzene rings is 4. The Balaban J connectivity index is 1.61. The van der Waals surface area contributed by atoms with Crippen LogP contribution in [0.3, 0.4) is 0 Å². The highest BCUT2D eigenvalue weighted by atomic mass is 32.2. The number of nitrogens with zero attached hydrogens (tertiary/aromatic N) is 1. The van der Waals surface area contributed by atoms with Crippen LogP contribution in [-0.4, -0.2) is 31.0 Å². The normalized spacial score (nSPS) is 13.9. The maximum Gasteiger partial charge on any atom is 0.265 e. The number of ketones is 1. The Morgan fingerprint density at radius 1 is 0.795 bits per heavy atom. The van der Waals surface area contributed by atoms with Gasteiger partial charge in [0.25, 0.3) is 15.9 Å². The summed E-state index contributed by atoms with van der Waals surface area (Å²) < 4.78 is 34.6. The lowest BCUT2D eigenvalue weighted by Gasteiger charge is -2.33. The van der Waals surface area contributed by atoms with Gasteiger partial charge < -0.3 is 10.1 Å². The number of carbonyl (C=O) groups excluding carboxylic acids is 2. The quantitative estimate of drug-likeness (QED) is 0.321. The van der Waals surface area contributed by atoms with Crippen molar-refractivity contribution < 1.29 is 22.7 Å². The molecule has 0 bridgehead atoms. The van der Waals surface area contributed by atoms with E-state index < -0.39 is 21.7 Å². The number of hydrogen-bond donors (Lipinski definition) is 1. The van der Waals surface area contributed by atoms with E-state index in [1.807, 2.05) is 25.1 Å². The Labute approximate surface area is 227 Å². The molecule has 1 aliphatic rings. The van der Waals surface area contributed by atoms with Gasteiger partial charge in [-0.05, 0) is 30.7 Å². The summed E-state index contributed by atoms with van der Waals surface area (Å²) in [6, 6.07) is 31.0. The first-order valence-corrected chi connectivity index (χ1v) is 13.8. The van der Waals surface area contributed by atoms with Crippen molar-refractivity contribution in [3.63, 3.8) is 0 Å². The van der Waals surface area contributed by atoms with E-state index in [1.54, 1.807) is 84.9 Å². The third-order valence-corrected chi connectivity index (χ3v) is 8.09. The molecule has 0 radical (unpaired) electrons. The van der Waals surface area contributed by atoms with Crippen LogP contribution in [0.4, 0.5) is 0 Å². The number of carbonyl (C=O) groups is 2. The maximum atomic E-state index is 14.0. The van der Waals surface area contributed by atoms with Crippen molar-refractivity contribution in [3.05, 3.63) is 137 Å². The van der Waals surface area contributed by atoms with E-state index in [-0.39, 0.29) is 35.0 Å². The molecule has 0 unspecified atom stereocenters. The molecule has 7 nitrogen and oxygen atoms in total. The van der Waals surface area contributed by atoms with Crippen molar-refractivity contribution in [1.29, 1.82) is 0 Å². The molecule has 196 valence electrons. The number of nitrogens with one attached hydrogen (secondary N) is 1. The van der Waals surface area contributed by atoms with Crippen molar-refractivity contribution in [2.75, 3.05) is 6.61 Å². The lowest BCUT2D eigenvalue weighted by atomic mass is 10.0. The summed E-state index contributed by atoms with van der Waals surface area (Å²) in [4.78, 5) is 27.1. The summed E-state index contributed by atoms with van der Waals surface area (Å²) in [5.41, 5.74) is 2.26. The average Bonchev–Trinajstić information content (AvgIpc) is 2.96. The molecule has 1 heterocycles. The number of sulfonamides is 1. The fourth-order valence-corrected chi connectivity index (χ4v) is 6.01. The van der Waals surface area contributed by atoms with Crippen LogP contribution in [-0.2, 0) is 21.4 Å². The van der Waals surface area contributed by atoms with E-state index in [0.29, 0.717) is 16.9 Å². The van der Waals surface area contributed by atoms with Crippen LogP contribution in [0.2, 0.25) is 0 Å². The Kier molecular flexibility index (Phi) is 7.29. The molecule has 1 aliphatic heterocycles. The molecule has 4 aromatic rings. The third kappa shape index (κ3) is 5.46. The molecule has 0 saturated heterocycles. The zero-order valence-electron chi connectivity index (χ0n) is 21.2. The molecule has 5 rings (SSSR count). The Morgan fingerprint density at radius 3 is 2.10 bits per heavy atom. The fraction of sp³-hybridized carbons (Fsp3) is 0.0968. The van der Waals surface area contributed by atoms with Crippen LogP contribution in [0.5, 0.6) is 5.75 Å². The van der Waals surface area contributed by atoms with Gasteiger partial charge in [-0.2, -0.15) is 0 Å². The second-order valence-electron chi connectivity index (χ2n) is 9.06. The maximum absolute atomic E-state index is 14.0. The molecular formula is C31H26N2O5S. The van der Waals surface area contributed by atoms with Crippen LogP contribution in [0.1, 0.15) is 27.0 Å². The number of ether oxygens (including phenoxy) is 1. The van der Waals surface area contributed by atoms with Gasteiger partial charge in [-0.3, -0.25) is 13.9 Å². The van der Waals surface area contributed by atoms with E-state index in [0.717, 1.165) is 9.87 Å². The van der Waals surface area contributed by atoms with Crippen LogP contribution in [0.25, 0.3) is 5.70 Å². The van der Waals surface area contributed by atoms with Crippen LogP contribution in [0.15, 0.2) is 120 Å². The van der Waals surface area contributed by atoms with Crippen molar-refractivity contribution in [1.82, 2.24) is 9.62 Å². The van der Waals surface area contributed by atoms with Gasteiger partial charge in [0.1, 0.15) is 11.4 Å². The van der Waals surface area contributed by atoms with Crippen molar-refractivity contribution in [2.45, 2.75) is 18.4 Å². The van der Waals surface area contributed by atoms with E-state index >= 15 is 0 Å². The molecule has 39 heavy (non-hydrogen) atoms. The van der Waals surface area contributed by atoms with E-state index in [4.69, 9.17) is 4.74 Å². The van der Waals surface area contributed by atoms with E-state index in [1.165, 1.54) is 6.07 Å². The number of rotatable bonds is 8. The first kappa shape index (κ1) is 25.9. The van der Waals surface area contributed by atoms with Gasteiger partial charge in [0.15, 0.2) is 6.61 Å². The fourth-order valence-electron chi connectivity index (χ4n) is 4.34. The van der Waals surface area contributed by atoms with E-state index in [9.17, 15) is 18.0 Å². The smallest absolute Gasteiger partial charge is 0.265 e. The number of Topliss-reactive ketones (excluding diaryl/α,β-unsaturated/α-hetero) is 1. The van der Waals surface area contributed by atoms with Gasteiger partial charge in [0.05, 0.1) is 17.1 Å². The number of aryl methyl sites for hydroxylation is 1. The molecule has 0 fully saturated rings. The van der Waals surface area contributed by atoms with Gasteiger partial charge in [0.2, 0.25) is 5.78 Å². The molecule has 8 heteroatoms. The molecule has 0 spiro atoms. The van der Waals surface area contributed by atoms with Gasteiger partial charge in [-0.25, -0.2) is 8.42 Å². The summed E-state index contributed by atoms with van der Waals surface area (Å²) in [6.07, 6.45) is 0. The lowest BCUT2D eigenvalue weighted by Crippen LogP contribution is -2.41. The second-order valence-corrected chi connectivity index (χ2v) is 10.9. The van der Waals surface area contributed by atoms with Crippen LogP contribution in [0, 0.1) is 6.92 Å². The highest BCUT2D eigenvalue weighted by molar-refractivity contribution is 7.89. The summed E-state index contributed by atoms with van der Waals surface area (Å²) in [5.74, 6) is -0.542. The molecule has 0 saturated carbocycles. The zero-order valence-corrected chi connectivity index (χ0v) is 22.0. The molecule has 1 amide bonds. The molecule has 4 aromatic carbocycles. The summed E-state index contributed by atoms with van der Waals surface area (Å²) in [5, 5.41) is 2.80. The minimum atomic E-state index is -4.14. The van der Waals surface area contributed by atoms with E-state index in [2.05, 4.69) is 5.32 Å². The highest BCUT2D eigenvalue weighted by Gasteiger charge is 2.40. The highest BCUT2D eigenvalue weighted by Crippen LogP contribution is 2.38. The van der Waals surface area contributed by atoms with Gasteiger partial charge in [0, 0.05) is 11.1 Å². The molecule has 0 atom stereocenters. The molecule has 0 aliphatic carbocycles.